The van der Waals surface area contributed by atoms with Gasteiger partial charge in [0.2, 0.25) is 0 Å². The van der Waals surface area contributed by atoms with Crippen LogP contribution >= 0.6 is 0 Å². The molecule has 0 fully saturated rings. The van der Waals surface area contributed by atoms with Crippen molar-refractivity contribution >= 4 is 18.0 Å². The molecule has 0 aromatic heterocycles. The van der Waals surface area contributed by atoms with Gasteiger partial charge in [-0.3, -0.25) is 4.79 Å². The van der Waals surface area contributed by atoms with E-state index in [1.807, 2.05) is 6.92 Å². The lowest BCUT2D eigenvalue weighted by molar-refractivity contribution is -0.142. The summed E-state index contributed by atoms with van der Waals surface area (Å²) in [4.78, 5) is 22.2. The average Bonchev–Trinajstić information content (AvgIpc) is 2.70. The van der Waals surface area contributed by atoms with Crippen molar-refractivity contribution in [2.45, 2.75) is 39.7 Å². The Kier molecular flexibility index (Phi) is 8.04. The number of carbonyl (C=O) groups is 2. The van der Waals surface area contributed by atoms with E-state index in [0.29, 0.717) is 24.7 Å². The zero-order chi connectivity index (χ0) is 22.1. The largest absolute Gasteiger partial charge is 0.490 e. The maximum Gasteiger partial charge on any atom is 0.331 e. The summed E-state index contributed by atoms with van der Waals surface area (Å²) in [6.45, 7) is 8.88. The van der Waals surface area contributed by atoms with Crippen LogP contribution in [-0.4, -0.2) is 25.1 Å². The first-order valence-corrected chi connectivity index (χ1v) is 9.81. The second-order valence-electron chi connectivity index (χ2n) is 7.78. The van der Waals surface area contributed by atoms with Crippen molar-refractivity contribution in [3.63, 3.8) is 0 Å². The Balaban J connectivity index is 2.05. The quantitative estimate of drug-likeness (QED) is 0.498. The van der Waals surface area contributed by atoms with Gasteiger partial charge in [0, 0.05) is 6.08 Å². The van der Waals surface area contributed by atoms with Gasteiger partial charge in [-0.05, 0) is 47.2 Å². The Morgan fingerprint density at radius 1 is 1.00 bits per heavy atom. The minimum absolute atomic E-state index is 0.108. The van der Waals surface area contributed by atoms with Crippen LogP contribution in [0.25, 0.3) is 6.08 Å². The topological polar surface area (TPSA) is 87.9 Å². The molecule has 6 nitrogen and oxygen atoms in total. The van der Waals surface area contributed by atoms with Crippen molar-refractivity contribution in [3.05, 3.63) is 65.2 Å². The van der Waals surface area contributed by atoms with E-state index >= 15 is 0 Å². The van der Waals surface area contributed by atoms with Gasteiger partial charge < -0.3 is 19.9 Å². The molecule has 1 amide bonds. The molecule has 0 atom stereocenters. The van der Waals surface area contributed by atoms with Crippen molar-refractivity contribution in [2.24, 2.45) is 5.73 Å². The highest BCUT2D eigenvalue weighted by Gasteiger charge is 2.13. The monoisotopic (exact) mass is 411 g/mol. The third kappa shape index (κ3) is 7.28. The molecule has 0 radical (unpaired) electrons. The first-order valence-electron chi connectivity index (χ1n) is 9.81. The van der Waals surface area contributed by atoms with E-state index in [1.165, 1.54) is 11.6 Å². The smallest absolute Gasteiger partial charge is 0.331 e. The van der Waals surface area contributed by atoms with Crippen LogP contribution < -0.4 is 15.2 Å². The molecule has 30 heavy (non-hydrogen) atoms. The average molecular weight is 411 g/mol. The molecular formula is C24H29NO5. The van der Waals surface area contributed by atoms with E-state index in [-0.39, 0.29) is 5.41 Å². The van der Waals surface area contributed by atoms with Gasteiger partial charge in [-0.1, -0.05) is 51.1 Å². The van der Waals surface area contributed by atoms with Crippen LogP contribution in [-0.2, 0) is 26.3 Å². The molecule has 2 rings (SSSR count). The van der Waals surface area contributed by atoms with Gasteiger partial charge in [-0.2, -0.15) is 0 Å². The van der Waals surface area contributed by atoms with E-state index < -0.39 is 18.5 Å². The summed E-state index contributed by atoms with van der Waals surface area (Å²) in [5, 5.41) is 0. The predicted molar refractivity (Wildman–Crippen MR) is 116 cm³/mol. The number of hydrogen-bond donors (Lipinski definition) is 1. The fraction of sp³-hybridized carbons (Fsp3) is 0.333. The van der Waals surface area contributed by atoms with E-state index in [1.54, 1.807) is 24.3 Å². The molecule has 0 aliphatic carbocycles. The van der Waals surface area contributed by atoms with Crippen molar-refractivity contribution < 1.29 is 23.8 Å². The zero-order valence-corrected chi connectivity index (χ0v) is 17.9. The molecule has 0 saturated heterocycles. The maximum atomic E-state index is 11.6. The molecule has 0 unspecified atom stereocenters. The summed E-state index contributed by atoms with van der Waals surface area (Å²) in [5.74, 6) is -0.155. The number of hydrogen-bond acceptors (Lipinski definition) is 5. The third-order valence-corrected chi connectivity index (χ3v) is 4.25. The lowest BCUT2D eigenvalue weighted by atomic mass is 9.87. The molecule has 6 heteroatoms. The Labute approximate surface area is 177 Å². The van der Waals surface area contributed by atoms with Crippen molar-refractivity contribution in [1.82, 2.24) is 0 Å². The molecule has 0 aliphatic heterocycles. The first-order chi connectivity index (χ1) is 14.2. The minimum atomic E-state index is -0.704. The lowest BCUT2D eigenvalue weighted by Crippen LogP contribution is -2.19. The molecule has 0 bridgehead atoms. The van der Waals surface area contributed by atoms with Gasteiger partial charge in [0.25, 0.3) is 5.91 Å². The van der Waals surface area contributed by atoms with Gasteiger partial charge in [0.15, 0.2) is 18.1 Å². The Morgan fingerprint density at radius 2 is 1.70 bits per heavy atom. The van der Waals surface area contributed by atoms with Crippen molar-refractivity contribution in [3.8, 4) is 11.5 Å². The second kappa shape index (κ2) is 10.5. The molecule has 0 aliphatic rings. The highest BCUT2D eigenvalue weighted by molar-refractivity contribution is 5.89. The van der Waals surface area contributed by atoms with Crippen LogP contribution in [0.5, 0.6) is 11.5 Å². The SMILES string of the molecule is CCOc1cc(/C=C/C(=O)OCC(N)=O)ccc1OCc1ccc(C(C)(C)C)cc1. The Hall–Kier alpha value is -3.28. The van der Waals surface area contributed by atoms with Crippen LogP contribution in [0.2, 0.25) is 0 Å². The molecule has 0 saturated carbocycles. The predicted octanol–water partition coefficient (Wildman–Crippen LogP) is 4.00. The second-order valence-corrected chi connectivity index (χ2v) is 7.78. The number of esters is 1. The van der Waals surface area contributed by atoms with E-state index in [2.05, 4.69) is 49.8 Å². The van der Waals surface area contributed by atoms with Crippen LogP contribution in [0.15, 0.2) is 48.5 Å². The van der Waals surface area contributed by atoms with E-state index in [9.17, 15) is 9.59 Å². The van der Waals surface area contributed by atoms with Gasteiger partial charge in [0.1, 0.15) is 6.61 Å². The fourth-order valence-corrected chi connectivity index (χ4v) is 2.63. The first kappa shape index (κ1) is 23.0. The molecule has 0 spiro atoms. The van der Waals surface area contributed by atoms with Crippen LogP contribution in [0.4, 0.5) is 0 Å². The number of carbonyl (C=O) groups excluding carboxylic acids is 2. The maximum absolute atomic E-state index is 11.6. The molecule has 0 heterocycles. The zero-order valence-electron chi connectivity index (χ0n) is 17.9. The number of ether oxygens (including phenoxy) is 3. The summed E-state index contributed by atoms with van der Waals surface area (Å²) >= 11 is 0. The molecule has 2 aromatic rings. The minimum Gasteiger partial charge on any atom is -0.490 e. The standard InChI is InChI=1S/C24H29NO5/c1-5-28-21-14-17(9-13-23(27)30-16-22(25)26)8-12-20(21)29-15-18-6-10-19(11-7-18)24(2,3)4/h6-14H,5,15-16H2,1-4H3,(H2,25,26)/b13-9+. The number of nitrogens with two attached hydrogens (primary N) is 1. The van der Waals surface area contributed by atoms with Crippen molar-refractivity contribution in [2.75, 3.05) is 13.2 Å². The van der Waals surface area contributed by atoms with Gasteiger partial charge in [0.05, 0.1) is 6.61 Å². The number of primary amides is 1. The summed E-state index contributed by atoms with van der Waals surface area (Å²) in [7, 11) is 0. The number of benzene rings is 2. The highest BCUT2D eigenvalue weighted by atomic mass is 16.5. The summed E-state index contributed by atoms with van der Waals surface area (Å²) < 4.78 is 16.3. The summed E-state index contributed by atoms with van der Waals surface area (Å²) in [6.07, 6.45) is 2.80. The summed E-state index contributed by atoms with van der Waals surface area (Å²) in [6, 6.07) is 13.7. The molecule has 2 N–H and O–H groups in total. The number of rotatable bonds is 9. The molecular weight excluding hydrogens is 382 g/mol. The van der Waals surface area contributed by atoms with Gasteiger partial charge in [-0.25, -0.2) is 4.79 Å². The van der Waals surface area contributed by atoms with E-state index in [0.717, 1.165) is 11.1 Å². The van der Waals surface area contributed by atoms with Gasteiger partial charge in [-0.15, -0.1) is 0 Å². The van der Waals surface area contributed by atoms with E-state index in [4.69, 9.17) is 15.2 Å². The Morgan fingerprint density at radius 3 is 2.30 bits per heavy atom. The number of amides is 1. The van der Waals surface area contributed by atoms with Crippen LogP contribution in [0.3, 0.4) is 0 Å². The fourth-order valence-electron chi connectivity index (χ4n) is 2.63. The third-order valence-electron chi connectivity index (χ3n) is 4.25. The lowest BCUT2D eigenvalue weighted by Gasteiger charge is -2.19. The van der Waals surface area contributed by atoms with Crippen LogP contribution in [0.1, 0.15) is 44.4 Å². The highest BCUT2D eigenvalue weighted by Crippen LogP contribution is 2.30. The molecule has 2 aromatic carbocycles. The summed E-state index contributed by atoms with van der Waals surface area (Å²) in [5.41, 5.74) is 8.12. The van der Waals surface area contributed by atoms with Crippen molar-refractivity contribution in [1.29, 1.82) is 0 Å². The Bertz CT molecular complexity index is 895. The van der Waals surface area contributed by atoms with Crippen LogP contribution in [0, 0.1) is 0 Å². The molecule has 160 valence electrons. The normalized spacial score (nSPS) is 11.3. The van der Waals surface area contributed by atoms with Gasteiger partial charge >= 0.3 is 5.97 Å².